The largest absolute Gasteiger partial charge is 0.418 e. The average molecular weight is 591 g/mol. The standard InChI is InChI=1S/C25H16F7N9O/c1-24(11-5-37-40(10-11)23(28)29)4-14(15-9-33-18-3-17(27)39-41(18)20(15)24)22(42)38-13-2-16(25(30,31)32)19(34-8-13)21-35-6-12(26)7-36-21/h2-3,5-10,14,23H,4H2,1H3,(H,38,42)/t14-,24-/m1/s1. The van der Waals surface area contributed by atoms with Crippen molar-refractivity contribution in [2.75, 3.05) is 5.32 Å². The lowest BCUT2D eigenvalue weighted by Gasteiger charge is -2.24. The Morgan fingerprint density at radius 1 is 1.05 bits per heavy atom. The van der Waals surface area contributed by atoms with Crippen molar-refractivity contribution in [3.8, 4) is 11.5 Å². The second kappa shape index (κ2) is 9.56. The van der Waals surface area contributed by atoms with Crippen LogP contribution < -0.4 is 5.32 Å². The van der Waals surface area contributed by atoms with Crippen LogP contribution in [-0.2, 0) is 16.4 Å². The van der Waals surface area contributed by atoms with Gasteiger partial charge in [-0.25, -0.2) is 28.5 Å². The third-order valence-electron chi connectivity index (χ3n) is 7.04. The second-order valence-electron chi connectivity index (χ2n) is 9.71. The number of carbonyl (C=O) groups excluding carboxylic acids is 1. The van der Waals surface area contributed by atoms with Crippen molar-refractivity contribution < 1.29 is 35.5 Å². The molecule has 0 saturated carbocycles. The summed E-state index contributed by atoms with van der Waals surface area (Å²) in [5.74, 6) is -4.04. The molecule has 5 aromatic heterocycles. The molecule has 1 N–H and O–H groups in total. The summed E-state index contributed by atoms with van der Waals surface area (Å²) in [6.45, 7) is -1.31. The molecular weight excluding hydrogens is 575 g/mol. The molecule has 0 spiro atoms. The zero-order chi connectivity index (χ0) is 30.0. The minimum atomic E-state index is -4.94. The van der Waals surface area contributed by atoms with E-state index >= 15 is 0 Å². The molecule has 1 aliphatic rings. The summed E-state index contributed by atoms with van der Waals surface area (Å²) in [6.07, 6.45) is 0.936. The molecule has 42 heavy (non-hydrogen) atoms. The van der Waals surface area contributed by atoms with Crippen LogP contribution in [0, 0.1) is 11.8 Å². The molecule has 5 heterocycles. The van der Waals surface area contributed by atoms with Crippen molar-refractivity contribution >= 4 is 17.2 Å². The number of nitrogens with one attached hydrogen (secondary N) is 1. The van der Waals surface area contributed by atoms with Crippen molar-refractivity contribution in [3.05, 3.63) is 83.5 Å². The van der Waals surface area contributed by atoms with Gasteiger partial charge in [0.2, 0.25) is 11.9 Å². The van der Waals surface area contributed by atoms with Crippen molar-refractivity contribution in [1.82, 2.24) is 39.3 Å². The first-order chi connectivity index (χ1) is 19.8. The average Bonchev–Trinajstić information content (AvgIpc) is 3.65. The highest BCUT2D eigenvalue weighted by molar-refractivity contribution is 5.97. The van der Waals surface area contributed by atoms with Gasteiger partial charge >= 0.3 is 12.7 Å². The Morgan fingerprint density at radius 2 is 1.79 bits per heavy atom. The number of nitrogens with zero attached hydrogens (tertiary/aromatic N) is 8. The third kappa shape index (κ3) is 4.50. The van der Waals surface area contributed by atoms with Gasteiger partial charge in [0.1, 0.15) is 5.69 Å². The van der Waals surface area contributed by atoms with Crippen LogP contribution in [0.25, 0.3) is 17.2 Å². The topological polar surface area (TPSA) is 116 Å². The smallest absolute Gasteiger partial charge is 0.324 e. The summed E-state index contributed by atoms with van der Waals surface area (Å²) >= 11 is 0. The van der Waals surface area contributed by atoms with Crippen LogP contribution in [0.4, 0.5) is 36.4 Å². The number of pyridine rings is 1. The summed E-state index contributed by atoms with van der Waals surface area (Å²) in [5.41, 5.74) is -2.58. The third-order valence-corrected chi connectivity index (χ3v) is 7.04. The number of halogens is 7. The molecule has 0 aliphatic heterocycles. The summed E-state index contributed by atoms with van der Waals surface area (Å²) in [6, 6.07) is 1.69. The fourth-order valence-corrected chi connectivity index (χ4v) is 5.15. The van der Waals surface area contributed by atoms with Crippen LogP contribution in [0.2, 0.25) is 0 Å². The van der Waals surface area contributed by atoms with Gasteiger partial charge in [-0.3, -0.25) is 9.78 Å². The maximum absolute atomic E-state index is 14.1. The number of carbonyl (C=O) groups is 1. The van der Waals surface area contributed by atoms with E-state index in [9.17, 15) is 35.5 Å². The van der Waals surface area contributed by atoms with E-state index in [1.54, 1.807) is 6.92 Å². The van der Waals surface area contributed by atoms with Crippen LogP contribution >= 0.6 is 0 Å². The molecule has 0 unspecified atom stereocenters. The fourth-order valence-electron chi connectivity index (χ4n) is 5.15. The van der Waals surface area contributed by atoms with Crippen LogP contribution in [-0.4, -0.2) is 45.2 Å². The van der Waals surface area contributed by atoms with Crippen molar-refractivity contribution in [2.45, 2.75) is 37.4 Å². The molecule has 1 aliphatic carbocycles. The van der Waals surface area contributed by atoms with Gasteiger partial charge < -0.3 is 5.32 Å². The van der Waals surface area contributed by atoms with E-state index in [0.29, 0.717) is 23.1 Å². The highest BCUT2D eigenvalue weighted by Crippen LogP contribution is 2.50. The Balaban J connectivity index is 1.39. The maximum Gasteiger partial charge on any atom is 0.418 e. The molecule has 1 amide bonds. The summed E-state index contributed by atoms with van der Waals surface area (Å²) in [5, 5.41) is 9.91. The number of fused-ring (bicyclic) bond motifs is 3. The molecule has 17 heteroatoms. The highest BCUT2D eigenvalue weighted by Gasteiger charge is 2.48. The van der Waals surface area contributed by atoms with Gasteiger partial charge in [-0.05, 0) is 19.4 Å². The monoisotopic (exact) mass is 591 g/mol. The summed E-state index contributed by atoms with van der Waals surface area (Å²) < 4.78 is 97.3. The Bertz CT molecular complexity index is 1830. The molecule has 0 aromatic carbocycles. The van der Waals surface area contributed by atoms with Crippen LogP contribution in [0.15, 0.2) is 49.3 Å². The van der Waals surface area contributed by atoms with E-state index in [1.165, 1.54) is 16.9 Å². The lowest BCUT2D eigenvalue weighted by molar-refractivity contribution is -0.137. The zero-order valence-corrected chi connectivity index (χ0v) is 21.1. The first kappa shape index (κ1) is 27.2. The van der Waals surface area contributed by atoms with E-state index in [1.807, 2.05) is 0 Å². The molecule has 0 fully saturated rings. The number of aromatic nitrogens is 8. The Morgan fingerprint density at radius 3 is 2.45 bits per heavy atom. The number of rotatable bonds is 5. The highest BCUT2D eigenvalue weighted by atomic mass is 19.4. The number of amides is 1. The van der Waals surface area contributed by atoms with Crippen LogP contribution in [0.1, 0.15) is 48.2 Å². The van der Waals surface area contributed by atoms with Crippen LogP contribution in [0.3, 0.4) is 0 Å². The lowest BCUT2D eigenvalue weighted by atomic mass is 9.80. The van der Waals surface area contributed by atoms with Crippen molar-refractivity contribution in [2.24, 2.45) is 0 Å². The van der Waals surface area contributed by atoms with E-state index < -0.39 is 58.8 Å². The van der Waals surface area contributed by atoms with E-state index in [-0.39, 0.29) is 34.6 Å². The SMILES string of the molecule is C[C@]1(c2cnn(C(F)F)c2)C[C@@H](C(=O)Nc2cnc(-c3ncc(F)cn3)c(C(F)(F)F)c2)c2cnc3cc(F)nn3c21. The van der Waals surface area contributed by atoms with Crippen molar-refractivity contribution in [3.63, 3.8) is 0 Å². The van der Waals surface area contributed by atoms with E-state index in [4.69, 9.17) is 0 Å². The minimum Gasteiger partial charge on any atom is -0.324 e. The normalized spacial score (nSPS) is 18.5. The number of anilines is 1. The molecule has 2 atom stereocenters. The van der Waals surface area contributed by atoms with Gasteiger partial charge in [-0.15, -0.1) is 5.10 Å². The summed E-state index contributed by atoms with van der Waals surface area (Å²) in [4.78, 5) is 28.6. The zero-order valence-electron chi connectivity index (χ0n) is 21.1. The van der Waals surface area contributed by atoms with Gasteiger partial charge in [0, 0.05) is 35.0 Å². The fraction of sp³-hybridized carbons (Fsp3) is 0.240. The predicted molar refractivity (Wildman–Crippen MR) is 129 cm³/mol. The first-order valence-corrected chi connectivity index (χ1v) is 12.1. The molecule has 5 aromatic rings. The summed E-state index contributed by atoms with van der Waals surface area (Å²) in [7, 11) is 0. The van der Waals surface area contributed by atoms with E-state index in [2.05, 4.69) is 35.5 Å². The number of hydrogen-bond acceptors (Lipinski definition) is 7. The number of hydrogen-bond donors (Lipinski definition) is 1. The maximum atomic E-state index is 14.1. The Labute approximate surface area is 230 Å². The Kier molecular flexibility index (Phi) is 6.20. The lowest BCUT2D eigenvalue weighted by Crippen LogP contribution is -2.25. The predicted octanol–water partition coefficient (Wildman–Crippen LogP) is 4.90. The van der Waals surface area contributed by atoms with Crippen molar-refractivity contribution in [1.29, 1.82) is 0 Å². The Hall–Kier alpha value is -4.96. The van der Waals surface area contributed by atoms with Gasteiger partial charge in [-0.2, -0.15) is 31.4 Å². The number of alkyl halides is 5. The molecule has 0 bridgehead atoms. The molecule has 10 nitrogen and oxygen atoms in total. The van der Waals surface area contributed by atoms with E-state index in [0.717, 1.165) is 18.5 Å². The quantitative estimate of drug-likeness (QED) is 0.289. The molecule has 216 valence electrons. The van der Waals surface area contributed by atoms with Gasteiger partial charge in [-0.1, -0.05) is 0 Å². The molecule has 0 radical (unpaired) electrons. The molecule has 6 rings (SSSR count). The molecular formula is C25H16F7N9O. The minimum absolute atomic E-state index is 0.0631. The van der Waals surface area contributed by atoms with Gasteiger partial charge in [0.15, 0.2) is 17.3 Å². The van der Waals surface area contributed by atoms with Gasteiger partial charge in [0.05, 0.1) is 47.7 Å². The second-order valence-corrected chi connectivity index (χ2v) is 9.71. The van der Waals surface area contributed by atoms with Gasteiger partial charge in [0.25, 0.3) is 0 Å². The van der Waals surface area contributed by atoms with Crippen LogP contribution in [0.5, 0.6) is 0 Å². The molecule has 0 saturated heterocycles. The first-order valence-electron chi connectivity index (χ1n) is 12.1.